The smallest absolute Gasteiger partial charge is 0.161 e. The Morgan fingerprint density at radius 2 is 1.81 bits per heavy atom. The monoisotopic (exact) mass is 286 g/mol. The Hall–Kier alpha value is -2.07. The lowest BCUT2D eigenvalue weighted by molar-refractivity contribution is 0.355. The number of aryl methyl sites for hydroxylation is 1. The van der Waals surface area contributed by atoms with Crippen molar-refractivity contribution in [3.05, 3.63) is 41.6 Å². The van der Waals surface area contributed by atoms with E-state index in [9.17, 15) is 0 Å². The Morgan fingerprint density at radius 3 is 2.43 bits per heavy atom. The first-order valence-electron chi connectivity index (χ1n) is 7.09. The number of methoxy groups -OCH3 is 2. The van der Waals surface area contributed by atoms with Crippen molar-refractivity contribution in [1.82, 2.24) is 10.3 Å². The Kier molecular flexibility index (Phi) is 5.17. The van der Waals surface area contributed by atoms with Crippen molar-refractivity contribution in [2.75, 3.05) is 20.8 Å². The number of hydrogen-bond acceptors (Lipinski definition) is 4. The minimum Gasteiger partial charge on any atom is -0.493 e. The molecule has 1 N–H and O–H groups in total. The summed E-state index contributed by atoms with van der Waals surface area (Å²) in [5.41, 5.74) is 4.23. The summed E-state index contributed by atoms with van der Waals surface area (Å²) in [5, 5.41) is 3.32. The quantitative estimate of drug-likeness (QED) is 0.885. The van der Waals surface area contributed by atoms with Crippen LogP contribution in [0.5, 0.6) is 11.5 Å². The molecule has 1 heterocycles. The number of pyridine rings is 1. The summed E-state index contributed by atoms with van der Waals surface area (Å²) in [6, 6.07) is 10.0. The highest BCUT2D eigenvalue weighted by atomic mass is 16.5. The molecule has 2 rings (SSSR count). The molecule has 0 amide bonds. The summed E-state index contributed by atoms with van der Waals surface area (Å²) >= 11 is 0. The molecule has 0 spiro atoms. The molecule has 2 aromatic rings. The zero-order chi connectivity index (χ0) is 15.2. The van der Waals surface area contributed by atoms with Crippen LogP contribution in [0.1, 0.15) is 18.2 Å². The largest absolute Gasteiger partial charge is 0.493 e. The summed E-state index contributed by atoms with van der Waals surface area (Å²) in [4.78, 5) is 4.69. The molecule has 1 aromatic heterocycles. The molecule has 0 saturated heterocycles. The summed E-state index contributed by atoms with van der Waals surface area (Å²) in [6.07, 6.45) is 0. The van der Waals surface area contributed by atoms with Crippen LogP contribution in [0.3, 0.4) is 0 Å². The summed E-state index contributed by atoms with van der Waals surface area (Å²) in [5.74, 6) is 1.44. The number of nitrogens with one attached hydrogen (secondary N) is 1. The van der Waals surface area contributed by atoms with Crippen molar-refractivity contribution in [1.29, 1.82) is 0 Å². The molecule has 0 unspecified atom stereocenters. The second-order valence-electron chi connectivity index (χ2n) is 4.79. The number of aromatic nitrogens is 1. The molecule has 4 heteroatoms. The van der Waals surface area contributed by atoms with E-state index < -0.39 is 0 Å². The highest BCUT2D eigenvalue weighted by Crippen LogP contribution is 2.31. The molecule has 112 valence electrons. The molecule has 0 aliphatic heterocycles. The number of hydrogen-bond donors (Lipinski definition) is 1. The molecule has 0 bridgehead atoms. The summed E-state index contributed by atoms with van der Waals surface area (Å²) < 4.78 is 10.6. The van der Waals surface area contributed by atoms with Gasteiger partial charge < -0.3 is 14.8 Å². The van der Waals surface area contributed by atoms with Gasteiger partial charge in [0.2, 0.25) is 0 Å². The molecular weight excluding hydrogens is 264 g/mol. The first-order chi connectivity index (χ1) is 10.2. The van der Waals surface area contributed by atoms with Gasteiger partial charge in [0, 0.05) is 17.8 Å². The minimum atomic E-state index is 0.714. The second kappa shape index (κ2) is 7.09. The minimum absolute atomic E-state index is 0.714. The molecule has 4 nitrogen and oxygen atoms in total. The molecule has 0 aliphatic carbocycles. The van der Waals surface area contributed by atoms with Gasteiger partial charge in [-0.05, 0) is 43.3 Å². The third-order valence-electron chi connectivity index (χ3n) is 3.44. The van der Waals surface area contributed by atoms with Crippen molar-refractivity contribution < 1.29 is 9.47 Å². The van der Waals surface area contributed by atoms with E-state index in [1.54, 1.807) is 14.2 Å². The van der Waals surface area contributed by atoms with Crippen molar-refractivity contribution in [3.63, 3.8) is 0 Å². The van der Waals surface area contributed by atoms with Gasteiger partial charge in [-0.1, -0.05) is 13.0 Å². The molecule has 0 radical (unpaired) electrons. The van der Waals surface area contributed by atoms with Gasteiger partial charge in [0.25, 0.3) is 0 Å². The number of nitrogens with zero attached hydrogens (tertiary/aromatic N) is 1. The average molecular weight is 286 g/mol. The van der Waals surface area contributed by atoms with Gasteiger partial charge in [-0.25, -0.2) is 0 Å². The molecule has 0 fully saturated rings. The van der Waals surface area contributed by atoms with Crippen molar-refractivity contribution >= 4 is 0 Å². The fourth-order valence-electron chi connectivity index (χ4n) is 2.19. The van der Waals surface area contributed by atoms with Crippen LogP contribution in [0.4, 0.5) is 0 Å². The predicted molar refractivity (Wildman–Crippen MR) is 84.9 cm³/mol. The topological polar surface area (TPSA) is 43.4 Å². The highest BCUT2D eigenvalue weighted by Gasteiger charge is 2.08. The lowest BCUT2D eigenvalue weighted by atomic mass is 10.1. The first kappa shape index (κ1) is 15.3. The highest BCUT2D eigenvalue weighted by molar-refractivity contribution is 5.64. The van der Waals surface area contributed by atoms with E-state index in [1.807, 2.05) is 31.2 Å². The lowest BCUT2D eigenvalue weighted by Crippen LogP contribution is -2.13. The van der Waals surface area contributed by atoms with E-state index in [0.717, 1.165) is 35.8 Å². The van der Waals surface area contributed by atoms with E-state index in [1.165, 1.54) is 5.56 Å². The number of benzene rings is 1. The Labute approximate surface area is 126 Å². The zero-order valence-corrected chi connectivity index (χ0v) is 13.1. The maximum absolute atomic E-state index is 5.34. The van der Waals surface area contributed by atoms with Crippen molar-refractivity contribution in [3.8, 4) is 22.8 Å². The Morgan fingerprint density at radius 1 is 1.05 bits per heavy atom. The lowest BCUT2D eigenvalue weighted by Gasteiger charge is -2.11. The average Bonchev–Trinajstić information content (AvgIpc) is 2.53. The van der Waals surface area contributed by atoms with E-state index in [-0.39, 0.29) is 0 Å². The van der Waals surface area contributed by atoms with Gasteiger partial charge in [-0.3, -0.25) is 4.98 Å². The fraction of sp³-hybridized carbons (Fsp3) is 0.353. The van der Waals surface area contributed by atoms with Crippen molar-refractivity contribution in [2.45, 2.75) is 20.4 Å². The summed E-state index contributed by atoms with van der Waals surface area (Å²) in [6.45, 7) is 5.94. The van der Waals surface area contributed by atoms with Gasteiger partial charge in [-0.2, -0.15) is 0 Å². The second-order valence-corrected chi connectivity index (χ2v) is 4.79. The van der Waals surface area contributed by atoms with Crippen LogP contribution in [0.2, 0.25) is 0 Å². The van der Waals surface area contributed by atoms with Crippen molar-refractivity contribution in [2.24, 2.45) is 0 Å². The van der Waals surface area contributed by atoms with E-state index in [4.69, 9.17) is 14.5 Å². The van der Waals surface area contributed by atoms with Crippen LogP contribution in [0, 0.1) is 6.92 Å². The van der Waals surface area contributed by atoms with Crippen LogP contribution in [0.15, 0.2) is 30.3 Å². The molecule has 1 aromatic carbocycles. The van der Waals surface area contributed by atoms with Gasteiger partial charge >= 0.3 is 0 Å². The van der Waals surface area contributed by atoms with E-state index in [2.05, 4.69) is 18.3 Å². The standard InChI is InChI=1S/C17H22N2O2/c1-5-18-11-14-6-8-15(19-12(14)2)13-7-9-16(20-3)17(10-13)21-4/h6-10,18H,5,11H2,1-4H3. The number of rotatable bonds is 6. The third kappa shape index (κ3) is 3.52. The van der Waals surface area contributed by atoms with E-state index >= 15 is 0 Å². The van der Waals surface area contributed by atoms with Crippen LogP contribution in [-0.2, 0) is 6.54 Å². The van der Waals surface area contributed by atoms with Crippen LogP contribution in [0.25, 0.3) is 11.3 Å². The Balaban J connectivity index is 2.32. The molecule has 0 atom stereocenters. The van der Waals surface area contributed by atoms with Crippen LogP contribution < -0.4 is 14.8 Å². The maximum Gasteiger partial charge on any atom is 0.161 e. The fourth-order valence-corrected chi connectivity index (χ4v) is 2.19. The van der Waals surface area contributed by atoms with E-state index in [0.29, 0.717) is 5.75 Å². The third-order valence-corrected chi connectivity index (χ3v) is 3.44. The predicted octanol–water partition coefficient (Wildman–Crippen LogP) is 3.18. The molecule has 21 heavy (non-hydrogen) atoms. The zero-order valence-electron chi connectivity index (χ0n) is 13.1. The molecule has 0 aliphatic rings. The SMILES string of the molecule is CCNCc1ccc(-c2ccc(OC)c(OC)c2)nc1C. The molecular formula is C17H22N2O2. The van der Waals surface area contributed by atoms with Gasteiger partial charge in [0.05, 0.1) is 19.9 Å². The van der Waals surface area contributed by atoms with Gasteiger partial charge in [0.15, 0.2) is 11.5 Å². The van der Waals surface area contributed by atoms with Gasteiger partial charge in [-0.15, -0.1) is 0 Å². The summed E-state index contributed by atoms with van der Waals surface area (Å²) in [7, 11) is 3.27. The normalized spacial score (nSPS) is 10.5. The van der Waals surface area contributed by atoms with Crippen LogP contribution >= 0.6 is 0 Å². The van der Waals surface area contributed by atoms with Gasteiger partial charge in [0.1, 0.15) is 0 Å². The van der Waals surface area contributed by atoms with Crippen LogP contribution in [-0.4, -0.2) is 25.7 Å². The first-order valence-corrected chi connectivity index (χ1v) is 7.09. The number of ether oxygens (including phenoxy) is 2. The maximum atomic E-state index is 5.34. The Bertz CT molecular complexity index is 612. The molecule has 0 saturated carbocycles.